The number of carbonyl (C=O) groups excluding carboxylic acids is 1. The first-order valence-corrected chi connectivity index (χ1v) is 11.7. The molecule has 0 amide bonds. The van der Waals surface area contributed by atoms with Crippen molar-refractivity contribution in [3.05, 3.63) is 59.2 Å². The molecule has 0 aliphatic carbocycles. The fraction of sp³-hybridized carbons (Fsp3) is 0.409. The van der Waals surface area contributed by atoms with Crippen molar-refractivity contribution in [1.29, 1.82) is 0 Å². The Morgan fingerprint density at radius 1 is 1.16 bits per heavy atom. The number of methoxy groups -OCH3 is 1. The molecule has 31 heavy (non-hydrogen) atoms. The van der Waals surface area contributed by atoms with E-state index >= 15 is 0 Å². The number of benzene rings is 2. The van der Waals surface area contributed by atoms with Crippen LogP contribution in [0.2, 0.25) is 0 Å². The fourth-order valence-corrected chi connectivity index (χ4v) is 4.46. The topological polar surface area (TPSA) is 94.1 Å². The molecule has 1 heterocycles. The lowest BCUT2D eigenvalue weighted by Crippen LogP contribution is -2.30. The molecule has 9 heteroatoms. The van der Waals surface area contributed by atoms with Crippen LogP contribution in [0.1, 0.15) is 40.7 Å². The number of hydrogen-bond donors (Lipinski definition) is 4. The minimum absolute atomic E-state index is 0. The number of fused-ring (bicyclic) bond motifs is 1. The number of nitrogens with zero attached hydrogens (tertiary/aromatic N) is 1. The number of likely N-dealkylation sites (N-methyl/N-ethyl adjacent to an activating group) is 1. The second-order valence-corrected chi connectivity index (χ2v) is 9.18. The maximum atomic E-state index is 12.5. The maximum absolute atomic E-state index is 12.5. The normalized spacial score (nSPS) is 15.4. The van der Waals surface area contributed by atoms with E-state index in [4.69, 9.17) is 4.74 Å². The third-order valence-corrected chi connectivity index (χ3v) is 6.34. The number of para-hydroxylation sites is 1. The van der Waals surface area contributed by atoms with Gasteiger partial charge in [-0.15, -0.1) is 12.4 Å². The molecule has 2 aromatic carbocycles. The van der Waals surface area contributed by atoms with E-state index < -0.39 is 11.0 Å². The molecule has 0 spiro atoms. The standard InChI is InChI=1S/C22H31N3O4S.ClH/c1-25(14-12-17-7-3-4-9-22(17)29-2)13-6-5-8-21(26)18-10-11-20-19(15-18)16-23-30(27,28)24-20;/h3-4,7,9-11,15,23-24,27-28H,5-6,8,12-14,16H2,1-2H3;1H. The van der Waals surface area contributed by atoms with Crippen LogP contribution >= 0.6 is 23.4 Å². The Hall–Kier alpha value is -1.81. The van der Waals surface area contributed by atoms with Crippen LogP contribution in [0.3, 0.4) is 0 Å². The molecule has 7 nitrogen and oxygen atoms in total. The van der Waals surface area contributed by atoms with Crippen LogP contribution in [-0.2, 0) is 13.0 Å². The van der Waals surface area contributed by atoms with Gasteiger partial charge < -0.3 is 9.64 Å². The average Bonchev–Trinajstić information content (AvgIpc) is 2.74. The Balaban J connectivity index is 0.00000341. The Kier molecular flexibility index (Phi) is 9.61. The summed E-state index contributed by atoms with van der Waals surface area (Å²) >= 11 is 0. The average molecular weight is 470 g/mol. The van der Waals surface area contributed by atoms with Crippen LogP contribution in [-0.4, -0.2) is 47.0 Å². The van der Waals surface area contributed by atoms with Crippen molar-refractivity contribution in [1.82, 2.24) is 9.62 Å². The highest BCUT2D eigenvalue weighted by molar-refractivity contribution is 8.23. The second-order valence-electron chi connectivity index (χ2n) is 7.59. The highest BCUT2D eigenvalue weighted by atomic mass is 35.5. The Morgan fingerprint density at radius 3 is 2.71 bits per heavy atom. The van der Waals surface area contributed by atoms with Crippen molar-refractivity contribution in [3.63, 3.8) is 0 Å². The van der Waals surface area contributed by atoms with Crippen molar-refractivity contribution < 1.29 is 18.6 Å². The third-order valence-electron chi connectivity index (χ3n) is 5.29. The lowest BCUT2D eigenvalue weighted by Gasteiger charge is -2.38. The molecule has 1 aliphatic rings. The van der Waals surface area contributed by atoms with Crippen LogP contribution < -0.4 is 14.2 Å². The van der Waals surface area contributed by atoms with Crippen molar-refractivity contribution in [2.45, 2.75) is 32.2 Å². The molecule has 3 rings (SSSR count). The molecule has 1 aliphatic heterocycles. The summed E-state index contributed by atoms with van der Waals surface area (Å²) in [6, 6.07) is 13.4. The predicted molar refractivity (Wildman–Crippen MR) is 129 cm³/mol. The van der Waals surface area contributed by atoms with Gasteiger partial charge >= 0.3 is 0 Å². The zero-order valence-electron chi connectivity index (χ0n) is 18.0. The Labute approximate surface area is 192 Å². The molecule has 0 radical (unpaired) electrons. The number of nitrogens with one attached hydrogen (secondary N) is 2. The van der Waals surface area contributed by atoms with E-state index in [0.29, 0.717) is 24.2 Å². The van der Waals surface area contributed by atoms with Gasteiger partial charge in [0.25, 0.3) is 0 Å². The first-order chi connectivity index (χ1) is 14.4. The van der Waals surface area contributed by atoms with E-state index in [-0.39, 0.29) is 18.2 Å². The SMILES string of the molecule is COc1ccccc1CCN(C)CCCCC(=O)c1ccc2c(c1)CNS(O)(O)N2.Cl. The number of carbonyl (C=O) groups is 1. The van der Waals surface area contributed by atoms with Crippen molar-refractivity contribution in [2.75, 3.05) is 32.0 Å². The summed E-state index contributed by atoms with van der Waals surface area (Å²) in [5.41, 5.74) is 3.39. The molecule has 4 N–H and O–H groups in total. The Bertz CT molecular complexity index is 882. The van der Waals surface area contributed by atoms with Gasteiger partial charge in [-0.2, -0.15) is 4.72 Å². The number of halogens is 1. The summed E-state index contributed by atoms with van der Waals surface area (Å²) < 4.78 is 30.0. The molecule has 2 aromatic rings. The van der Waals surface area contributed by atoms with E-state index in [2.05, 4.69) is 27.5 Å². The van der Waals surface area contributed by atoms with Crippen LogP contribution in [0.15, 0.2) is 42.5 Å². The molecule has 0 bridgehead atoms. The largest absolute Gasteiger partial charge is 0.496 e. The summed E-state index contributed by atoms with van der Waals surface area (Å²) in [5, 5.41) is 0. The predicted octanol–water partition coefficient (Wildman–Crippen LogP) is 4.74. The Morgan fingerprint density at radius 2 is 1.94 bits per heavy atom. The maximum Gasteiger partial charge on any atom is 0.162 e. The van der Waals surface area contributed by atoms with Gasteiger partial charge in [0, 0.05) is 25.1 Å². The summed E-state index contributed by atoms with van der Waals surface area (Å²) in [5.74, 6) is 1.05. The molecule has 172 valence electrons. The molecule has 0 aromatic heterocycles. The number of hydrogen-bond acceptors (Lipinski definition) is 7. The third kappa shape index (κ3) is 7.38. The smallest absolute Gasteiger partial charge is 0.162 e. The number of anilines is 1. The summed E-state index contributed by atoms with van der Waals surface area (Å²) in [4.78, 5) is 14.8. The fourth-order valence-electron chi connectivity index (χ4n) is 3.53. The highest BCUT2D eigenvalue weighted by Gasteiger charge is 2.21. The van der Waals surface area contributed by atoms with Crippen molar-refractivity contribution in [2.24, 2.45) is 0 Å². The minimum atomic E-state index is -2.98. The van der Waals surface area contributed by atoms with Crippen LogP contribution in [0.4, 0.5) is 5.69 Å². The second kappa shape index (κ2) is 11.7. The quantitative estimate of drug-likeness (QED) is 0.295. The number of ether oxygens (including phenoxy) is 1. The van der Waals surface area contributed by atoms with E-state index in [1.807, 2.05) is 24.3 Å². The van der Waals surface area contributed by atoms with Gasteiger partial charge in [-0.1, -0.05) is 29.2 Å². The van der Waals surface area contributed by atoms with Gasteiger partial charge in [-0.3, -0.25) is 18.6 Å². The molecule has 0 saturated carbocycles. The van der Waals surface area contributed by atoms with Crippen LogP contribution in [0, 0.1) is 0 Å². The molecule has 0 unspecified atom stereocenters. The van der Waals surface area contributed by atoms with E-state index in [0.717, 1.165) is 43.7 Å². The molecular formula is C22H32ClN3O4S. The van der Waals surface area contributed by atoms with Gasteiger partial charge in [0.2, 0.25) is 0 Å². The van der Waals surface area contributed by atoms with Gasteiger partial charge in [0.15, 0.2) is 5.78 Å². The molecular weight excluding hydrogens is 438 g/mol. The lowest BCUT2D eigenvalue weighted by molar-refractivity contribution is 0.0978. The zero-order chi connectivity index (χ0) is 21.6. The minimum Gasteiger partial charge on any atom is -0.496 e. The summed E-state index contributed by atoms with van der Waals surface area (Å²) in [6.07, 6.45) is 3.24. The van der Waals surface area contributed by atoms with E-state index in [1.54, 1.807) is 19.2 Å². The first-order valence-electron chi connectivity index (χ1n) is 10.1. The van der Waals surface area contributed by atoms with E-state index in [1.165, 1.54) is 5.56 Å². The van der Waals surface area contributed by atoms with Crippen molar-refractivity contribution >= 4 is 34.8 Å². The summed E-state index contributed by atoms with van der Waals surface area (Å²) in [6.45, 7) is 2.21. The monoisotopic (exact) mass is 469 g/mol. The van der Waals surface area contributed by atoms with Gasteiger partial charge in [0.05, 0.1) is 12.8 Å². The van der Waals surface area contributed by atoms with E-state index in [9.17, 15) is 13.9 Å². The van der Waals surface area contributed by atoms with Gasteiger partial charge in [-0.25, -0.2) is 0 Å². The molecule has 0 fully saturated rings. The lowest BCUT2D eigenvalue weighted by atomic mass is 10.0. The number of ketones is 1. The number of unbranched alkanes of at least 4 members (excludes halogenated alkanes) is 1. The zero-order valence-corrected chi connectivity index (χ0v) is 19.6. The van der Waals surface area contributed by atoms with Gasteiger partial charge in [0.1, 0.15) is 5.75 Å². The van der Waals surface area contributed by atoms with Crippen molar-refractivity contribution in [3.8, 4) is 5.75 Å². The van der Waals surface area contributed by atoms with Crippen LogP contribution in [0.25, 0.3) is 0 Å². The highest BCUT2D eigenvalue weighted by Crippen LogP contribution is 2.40. The molecule has 0 saturated heterocycles. The number of rotatable bonds is 10. The summed E-state index contributed by atoms with van der Waals surface area (Å²) in [7, 11) is 0.821. The van der Waals surface area contributed by atoms with Gasteiger partial charge in [-0.05, 0) is 68.2 Å². The van der Waals surface area contributed by atoms with Crippen LogP contribution in [0.5, 0.6) is 5.75 Å². The molecule has 0 atom stereocenters. The number of Topliss-reactive ketones (excluding diaryl/α,β-unsaturated/α-hetero) is 1. The first kappa shape index (κ1) is 25.5.